The fourth-order valence-corrected chi connectivity index (χ4v) is 2.29. The average Bonchev–Trinajstić information content (AvgIpc) is 2.66. The van der Waals surface area contributed by atoms with E-state index in [1.54, 1.807) is 18.3 Å². The molecular formula is C11H17NO2S. The van der Waals surface area contributed by atoms with Crippen molar-refractivity contribution in [1.29, 1.82) is 0 Å². The molecule has 15 heavy (non-hydrogen) atoms. The molecule has 2 N–H and O–H groups in total. The summed E-state index contributed by atoms with van der Waals surface area (Å²) in [5.41, 5.74) is 5.72. The zero-order chi connectivity index (χ0) is 11.3. The smallest absolute Gasteiger partial charge is 0.323 e. The number of thiophene rings is 1. The van der Waals surface area contributed by atoms with Crippen LogP contribution in [0.1, 0.15) is 23.6 Å². The fourth-order valence-electron chi connectivity index (χ4n) is 1.27. The Kier molecular flexibility index (Phi) is 4.78. The highest BCUT2D eigenvalue weighted by Crippen LogP contribution is 2.18. The lowest BCUT2D eigenvalue weighted by Crippen LogP contribution is -2.34. The van der Waals surface area contributed by atoms with Crippen LogP contribution in [0.4, 0.5) is 0 Å². The maximum Gasteiger partial charge on any atom is 0.323 e. The third-order valence-electron chi connectivity index (χ3n) is 2.08. The molecule has 4 heteroatoms. The van der Waals surface area contributed by atoms with Crippen molar-refractivity contribution in [2.45, 2.75) is 32.7 Å². The van der Waals surface area contributed by atoms with E-state index in [0.29, 0.717) is 13.0 Å². The topological polar surface area (TPSA) is 52.3 Å². The van der Waals surface area contributed by atoms with Gasteiger partial charge in [0.2, 0.25) is 0 Å². The Morgan fingerprint density at radius 3 is 2.67 bits per heavy atom. The first-order valence-electron chi connectivity index (χ1n) is 5.17. The maximum atomic E-state index is 11.3. The van der Waals surface area contributed by atoms with Gasteiger partial charge in [0, 0.05) is 16.2 Å². The molecule has 0 aliphatic heterocycles. The molecular weight excluding hydrogens is 210 g/mol. The minimum Gasteiger partial charge on any atom is -0.465 e. The highest BCUT2D eigenvalue weighted by molar-refractivity contribution is 7.12. The minimum atomic E-state index is -0.534. The Hall–Kier alpha value is -0.870. The lowest BCUT2D eigenvalue weighted by atomic mass is 10.2. The maximum absolute atomic E-state index is 11.3. The molecule has 0 aromatic carbocycles. The average molecular weight is 227 g/mol. The SMILES string of the molecule is CCOC(=O)C(N)Cc1ccc(CC)s1. The van der Waals surface area contributed by atoms with Crippen LogP contribution in [0.25, 0.3) is 0 Å². The summed E-state index contributed by atoms with van der Waals surface area (Å²) in [7, 11) is 0. The molecule has 84 valence electrons. The van der Waals surface area contributed by atoms with Gasteiger partial charge in [0.05, 0.1) is 6.61 Å². The number of hydrogen-bond donors (Lipinski definition) is 1. The fraction of sp³-hybridized carbons (Fsp3) is 0.545. The van der Waals surface area contributed by atoms with E-state index in [-0.39, 0.29) is 5.97 Å². The number of ether oxygens (including phenoxy) is 1. The van der Waals surface area contributed by atoms with Gasteiger partial charge in [-0.2, -0.15) is 0 Å². The van der Waals surface area contributed by atoms with Crippen LogP contribution in [0, 0.1) is 0 Å². The van der Waals surface area contributed by atoms with Crippen molar-refractivity contribution in [2.75, 3.05) is 6.61 Å². The van der Waals surface area contributed by atoms with Crippen LogP contribution in [0.3, 0.4) is 0 Å². The first-order chi connectivity index (χ1) is 7.17. The van der Waals surface area contributed by atoms with Gasteiger partial charge in [0.25, 0.3) is 0 Å². The Morgan fingerprint density at radius 1 is 1.47 bits per heavy atom. The summed E-state index contributed by atoms with van der Waals surface area (Å²) in [5, 5.41) is 0. The van der Waals surface area contributed by atoms with Gasteiger partial charge < -0.3 is 10.5 Å². The van der Waals surface area contributed by atoms with Crippen molar-refractivity contribution in [3.63, 3.8) is 0 Å². The van der Waals surface area contributed by atoms with E-state index in [1.807, 2.05) is 6.07 Å². The molecule has 1 atom stereocenters. The van der Waals surface area contributed by atoms with Crippen molar-refractivity contribution in [3.8, 4) is 0 Å². The molecule has 0 saturated heterocycles. The van der Waals surface area contributed by atoms with Gasteiger partial charge in [-0.15, -0.1) is 11.3 Å². The van der Waals surface area contributed by atoms with Crippen molar-refractivity contribution >= 4 is 17.3 Å². The molecule has 0 aliphatic rings. The van der Waals surface area contributed by atoms with E-state index in [1.165, 1.54) is 4.88 Å². The largest absolute Gasteiger partial charge is 0.465 e. The summed E-state index contributed by atoms with van der Waals surface area (Å²) >= 11 is 1.71. The van der Waals surface area contributed by atoms with Crippen LogP contribution in [0.5, 0.6) is 0 Å². The number of aryl methyl sites for hydroxylation is 1. The number of nitrogens with two attached hydrogens (primary N) is 1. The summed E-state index contributed by atoms with van der Waals surface area (Å²) in [6.07, 6.45) is 1.60. The lowest BCUT2D eigenvalue weighted by molar-refractivity contribution is -0.144. The summed E-state index contributed by atoms with van der Waals surface area (Å²) in [6.45, 7) is 4.28. The van der Waals surface area contributed by atoms with Gasteiger partial charge in [-0.3, -0.25) is 4.79 Å². The van der Waals surface area contributed by atoms with Gasteiger partial charge in [0.1, 0.15) is 6.04 Å². The molecule has 0 fully saturated rings. The van der Waals surface area contributed by atoms with Crippen molar-refractivity contribution in [3.05, 3.63) is 21.9 Å². The van der Waals surface area contributed by atoms with Gasteiger partial charge in [-0.05, 0) is 25.5 Å². The van der Waals surface area contributed by atoms with Gasteiger partial charge in [0.15, 0.2) is 0 Å². The molecule has 0 aliphatic carbocycles. The number of carbonyl (C=O) groups excluding carboxylic acids is 1. The van der Waals surface area contributed by atoms with Gasteiger partial charge >= 0.3 is 5.97 Å². The normalized spacial score (nSPS) is 12.5. The highest BCUT2D eigenvalue weighted by atomic mass is 32.1. The second-order valence-electron chi connectivity index (χ2n) is 3.28. The number of carbonyl (C=O) groups is 1. The zero-order valence-corrected chi connectivity index (χ0v) is 9.97. The van der Waals surface area contributed by atoms with E-state index < -0.39 is 6.04 Å². The summed E-state index contributed by atoms with van der Waals surface area (Å²) in [6, 6.07) is 3.58. The quantitative estimate of drug-likeness (QED) is 0.780. The van der Waals surface area contributed by atoms with E-state index in [2.05, 4.69) is 13.0 Å². The van der Waals surface area contributed by atoms with E-state index in [4.69, 9.17) is 10.5 Å². The Labute approximate surface area is 94.2 Å². The monoisotopic (exact) mass is 227 g/mol. The summed E-state index contributed by atoms with van der Waals surface area (Å²) < 4.78 is 4.85. The molecule has 1 unspecified atom stereocenters. The first-order valence-corrected chi connectivity index (χ1v) is 5.98. The molecule has 1 aromatic rings. The first kappa shape index (κ1) is 12.2. The molecule has 0 amide bonds. The standard InChI is InChI=1S/C11H17NO2S/c1-3-8-5-6-9(15-8)7-10(12)11(13)14-4-2/h5-6,10H,3-4,7,12H2,1-2H3. The molecule has 1 heterocycles. The van der Waals surface area contributed by atoms with E-state index in [9.17, 15) is 4.79 Å². The molecule has 3 nitrogen and oxygen atoms in total. The van der Waals surface area contributed by atoms with Crippen LogP contribution < -0.4 is 5.73 Å². The second kappa shape index (κ2) is 5.88. The number of rotatable bonds is 5. The van der Waals surface area contributed by atoms with Gasteiger partial charge in [-0.25, -0.2) is 0 Å². The van der Waals surface area contributed by atoms with Crippen LogP contribution in [0.15, 0.2) is 12.1 Å². The molecule has 1 rings (SSSR count). The van der Waals surface area contributed by atoms with Gasteiger partial charge in [-0.1, -0.05) is 6.92 Å². The minimum absolute atomic E-state index is 0.316. The van der Waals surface area contributed by atoms with Crippen LogP contribution >= 0.6 is 11.3 Å². The molecule has 0 spiro atoms. The second-order valence-corrected chi connectivity index (χ2v) is 4.54. The third-order valence-corrected chi connectivity index (χ3v) is 3.33. The summed E-state index contributed by atoms with van der Waals surface area (Å²) in [4.78, 5) is 13.7. The number of hydrogen-bond acceptors (Lipinski definition) is 4. The highest BCUT2D eigenvalue weighted by Gasteiger charge is 2.15. The zero-order valence-electron chi connectivity index (χ0n) is 9.16. The summed E-state index contributed by atoms with van der Waals surface area (Å²) in [5.74, 6) is -0.316. The predicted octanol–water partition coefficient (Wildman–Crippen LogP) is 1.74. The molecule has 1 aromatic heterocycles. The predicted molar refractivity (Wildman–Crippen MR) is 62.0 cm³/mol. The van der Waals surface area contributed by atoms with E-state index in [0.717, 1.165) is 11.3 Å². The van der Waals surface area contributed by atoms with Crippen molar-refractivity contribution < 1.29 is 9.53 Å². The number of esters is 1. The lowest BCUT2D eigenvalue weighted by Gasteiger charge is -2.08. The van der Waals surface area contributed by atoms with E-state index >= 15 is 0 Å². The van der Waals surface area contributed by atoms with Crippen LogP contribution in [0.2, 0.25) is 0 Å². The Morgan fingerprint density at radius 2 is 2.13 bits per heavy atom. The Balaban J connectivity index is 2.50. The molecule has 0 radical (unpaired) electrons. The molecule has 0 saturated carbocycles. The van der Waals surface area contributed by atoms with Crippen LogP contribution in [-0.2, 0) is 22.4 Å². The van der Waals surface area contributed by atoms with Crippen LogP contribution in [-0.4, -0.2) is 18.6 Å². The molecule has 0 bridgehead atoms. The van der Waals surface area contributed by atoms with Crippen molar-refractivity contribution in [1.82, 2.24) is 0 Å². The third kappa shape index (κ3) is 3.64. The Bertz CT molecular complexity index is 322. The van der Waals surface area contributed by atoms with Crippen molar-refractivity contribution in [2.24, 2.45) is 5.73 Å².